The summed E-state index contributed by atoms with van der Waals surface area (Å²) in [7, 11) is 0. The van der Waals surface area contributed by atoms with Crippen LogP contribution in [0.4, 0.5) is 5.69 Å². The molecule has 0 amide bonds. The molecule has 0 bridgehead atoms. The number of aliphatic hydroxyl groups excluding tert-OH is 2. The van der Waals surface area contributed by atoms with Crippen LogP contribution >= 0.6 is 0 Å². The van der Waals surface area contributed by atoms with Crippen LogP contribution in [0.15, 0.2) is 18.2 Å². The Bertz CT molecular complexity index is 660. The second kappa shape index (κ2) is 5.01. The molecule has 1 aromatic carbocycles. The Labute approximate surface area is 107 Å². The number of benzene rings is 1. The zero-order chi connectivity index (χ0) is 14.0. The molecule has 1 heterocycles. The summed E-state index contributed by atoms with van der Waals surface area (Å²) in [5, 5.41) is 45.4. The molecule has 0 spiro atoms. The molecular weight excluding hydrogens is 252 g/mol. The number of hydrogen-bond donors (Lipinski definition) is 3. The van der Waals surface area contributed by atoms with Gasteiger partial charge in [-0.2, -0.15) is 10.4 Å². The summed E-state index contributed by atoms with van der Waals surface area (Å²) >= 11 is 0. The van der Waals surface area contributed by atoms with Crippen LogP contribution in [-0.2, 0) is 0 Å². The smallest absolute Gasteiger partial charge is 0.270 e. The van der Waals surface area contributed by atoms with E-state index >= 15 is 0 Å². The van der Waals surface area contributed by atoms with E-state index in [4.69, 9.17) is 5.26 Å². The van der Waals surface area contributed by atoms with E-state index < -0.39 is 17.1 Å². The van der Waals surface area contributed by atoms with Gasteiger partial charge in [0, 0.05) is 17.5 Å². The van der Waals surface area contributed by atoms with Crippen LogP contribution in [0, 0.1) is 21.4 Å². The van der Waals surface area contributed by atoms with E-state index in [0.29, 0.717) is 10.9 Å². The molecule has 8 nitrogen and oxygen atoms in total. The van der Waals surface area contributed by atoms with Crippen molar-refractivity contribution in [2.45, 2.75) is 18.6 Å². The van der Waals surface area contributed by atoms with Gasteiger partial charge < -0.3 is 10.2 Å². The minimum atomic E-state index is -1.35. The third-order valence-electron chi connectivity index (χ3n) is 2.74. The molecule has 2 rings (SSSR count). The van der Waals surface area contributed by atoms with E-state index in [1.807, 2.05) is 0 Å². The lowest BCUT2D eigenvalue weighted by atomic mass is 10.0. The van der Waals surface area contributed by atoms with Crippen LogP contribution in [0.2, 0.25) is 0 Å². The van der Waals surface area contributed by atoms with Gasteiger partial charge in [-0.15, -0.1) is 0 Å². The lowest BCUT2D eigenvalue weighted by Crippen LogP contribution is -2.18. The van der Waals surface area contributed by atoms with E-state index in [2.05, 4.69) is 10.2 Å². The summed E-state index contributed by atoms with van der Waals surface area (Å²) in [5.41, 5.74) is 0.447. The van der Waals surface area contributed by atoms with Crippen molar-refractivity contribution in [1.29, 1.82) is 5.26 Å². The first-order valence-electron chi connectivity index (χ1n) is 5.40. The fourth-order valence-corrected chi connectivity index (χ4v) is 1.75. The number of nitro groups is 1. The number of rotatable bonds is 4. The highest BCUT2D eigenvalue weighted by Gasteiger charge is 2.23. The second-order valence-corrected chi connectivity index (χ2v) is 3.97. The van der Waals surface area contributed by atoms with E-state index in [9.17, 15) is 20.3 Å². The van der Waals surface area contributed by atoms with Crippen LogP contribution in [0.1, 0.15) is 18.2 Å². The number of aromatic nitrogens is 2. The third kappa shape index (κ3) is 2.37. The zero-order valence-electron chi connectivity index (χ0n) is 9.65. The minimum absolute atomic E-state index is 0.142. The van der Waals surface area contributed by atoms with Gasteiger partial charge in [0.15, 0.2) is 0 Å². The predicted octanol–water partition coefficient (Wildman–Crippen LogP) is 0.779. The molecule has 19 heavy (non-hydrogen) atoms. The molecule has 0 saturated carbocycles. The minimum Gasteiger partial charge on any atom is -0.389 e. The Balaban J connectivity index is 2.46. The number of H-pyrrole nitrogens is 1. The van der Waals surface area contributed by atoms with Crippen LogP contribution in [0.25, 0.3) is 10.9 Å². The molecule has 0 saturated heterocycles. The van der Waals surface area contributed by atoms with Gasteiger partial charge in [0.2, 0.25) is 0 Å². The first-order valence-corrected chi connectivity index (χ1v) is 5.40. The summed E-state index contributed by atoms with van der Waals surface area (Å²) in [6.45, 7) is 0. The van der Waals surface area contributed by atoms with Crippen LogP contribution < -0.4 is 0 Å². The Morgan fingerprint density at radius 3 is 2.89 bits per heavy atom. The number of nitriles is 1. The average Bonchev–Trinajstić information content (AvgIpc) is 2.80. The van der Waals surface area contributed by atoms with Crippen LogP contribution in [0.3, 0.4) is 0 Å². The highest BCUT2D eigenvalue weighted by atomic mass is 16.6. The number of non-ortho nitro benzene ring substituents is 1. The van der Waals surface area contributed by atoms with Crippen molar-refractivity contribution in [3.63, 3.8) is 0 Å². The first-order chi connectivity index (χ1) is 9.04. The summed E-state index contributed by atoms with van der Waals surface area (Å²) in [5.74, 6) is 0. The molecule has 0 aliphatic rings. The van der Waals surface area contributed by atoms with Gasteiger partial charge in [-0.3, -0.25) is 15.2 Å². The molecule has 0 aliphatic heterocycles. The quantitative estimate of drug-likeness (QED) is 0.550. The number of hydrogen-bond acceptors (Lipinski definition) is 6. The highest BCUT2D eigenvalue weighted by Crippen LogP contribution is 2.27. The Hall–Kier alpha value is -2.50. The summed E-state index contributed by atoms with van der Waals surface area (Å²) in [6.07, 6.45) is -2.89. The lowest BCUT2D eigenvalue weighted by Gasteiger charge is -2.13. The largest absolute Gasteiger partial charge is 0.389 e. The molecule has 2 unspecified atom stereocenters. The molecule has 0 fully saturated rings. The van der Waals surface area contributed by atoms with Crippen molar-refractivity contribution < 1.29 is 15.1 Å². The van der Waals surface area contributed by atoms with Crippen molar-refractivity contribution in [3.8, 4) is 6.07 Å². The van der Waals surface area contributed by atoms with Crippen LogP contribution in [0.5, 0.6) is 0 Å². The molecular formula is C11H10N4O4. The van der Waals surface area contributed by atoms with Gasteiger partial charge >= 0.3 is 0 Å². The van der Waals surface area contributed by atoms with Gasteiger partial charge in [-0.25, -0.2) is 0 Å². The molecule has 8 heteroatoms. The molecule has 2 atom stereocenters. The maximum atomic E-state index is 10.7. The highest BCUT2D eigenvalue weighted by molar-refractivity contribution is 5.84. The van der Waals surface area contributed by atoms with Gasteiger partial charge in [0.25, 0.3) is 5.69 Å². The SMILES string of the molecule is N#CCC(O)C(O)c1[nH]nc2ccc([N+](=O)[O-])cc12. The number of nitrogens with one attached hydrogen (secondary N) is 1. The lowest BCUT2D eigenvalue weighted by molar-refractivity contribution is -0.384. The summed E-state index contributed by atoms with van der Waals surface area (Å²) in [4.78, 5) is 10.1. The Morgan fingerprint density at radius 2 is 2.26 bits per heavy atom. The van der Waals surface area contributed by atoms with Crippen LogP contribution in [-0.4, -0.2) is 31.4 Å². The predicted molar refractivity (Wildman–Crippen MR) is 63.9 cm³/mol. The summed E-state index contributed by atoms with van der Waals surface area (Å²) < 4.78 is 0. The van der Waals surface area contributed by atoms with Gasteiger partial charge in [-0.1, -0.05) is 0 Å². The Kier molecular flexibility index (Phi) is 3.41. The van der Waals surface area contributed by atoms with E-state index in [-0.39, 0.29) is 17.8 Å². The Morgan fingerprint density at radius 1 is 1.53 bits per heavy atom. The normalized spacial score (nSPS) is 13.9. The number of nitro benzene ring substituents is 1. The van der Waals surface area contributed by atoms with Gasteiger partial charge in [0.1, 0.15) is 6.10 Å². The number of aliphatic hydroxyl groups is 2. The van der Waals surface area contributed by atoms with E-state index in [1.165, 1.54) is 18.2 Å². The van der Waals surface area contributed by atoms with Crippen molar-refractivity contribution in [1.82, 2.24) is 10.2 Å². The molecule has 98 valence electrons. The molecule has 3 N–H and O–H groups in total. The number of fused-ring (bicyclic) bond motifs is 1. The van der Waals surface area contributed by atoms with Crippen molar-refractivity contribution in [2.75, 3.05) is 0 Å². The number of aromatic amines is 1. The zero-order valence-corrected chi connectivity index (χ0v) is 9.65. The molecule has 0 radical (unpaired) electrons. The topological polar surface area (TPSA) is 136 Å². The fraction of sp³-hybridized carbons (Fsp3) is 0.273. The molecule has 1 aromatic heterocycles. The second-order valence-electron chi connectivity index (χ2n) is 3.97. The molecule has 0 aliphatic carbocycles. The molecule has 2 aromatic rings. The van der Waals surface area contributed by atoms with Gasteiger partial charge in [-0.05, 0) is 6.07 Å². The van der Waals surface area contributed by atoms with Crippen molar-refractivity contribution >= 4 is 16.6 Å². The maximum Gasteiger partial charge on any atom is 0.270 e. The average molecular weight is 262 g/mol. The standard InChI is InChI=1S/C11H10N4O4/c12-4-3-9(16)11(17)10-7-5-6(15(18)19)1-2-8(7)13-14-10/h1-2,5,9,11,16-17H,3H2,(H,13,14). The van der Waals surface area contributed by atoms with E-state index in [1.54, 1.807) is 6.07 Å². The summed E-state index contributed by atoms with van der Waals surface area (Å²) in [6, 6.07) is 5.73. The first kappa shape index (κ1) is 12.9. The van der Waals surface area contributed by atoms with Crippen molar-refractivity contribution in [3.05, 3.63) is 34.0 Å². The maximum absolute atomic E-state index is 10.7. The number of nitrogens with zero attached hydrogens (tertiary/aromatic N) is 3. The fourth-order valence-electron chi connectivity index (χ4n) is 1.75. The third-order valence-corrected chi connectivity index (χ3v) is 2.74. The van der Waals surface area contributed by atoms with Crippen molar-refractivity contribution in [2.24, 2.45) is 0 Å². The van der Waals surface area contributed by atoms with E-state index in [0.717, 1.165) is 0 Å². The van der Waals surface area contributed by atoms with Gasteiger partial charge in [0.05, 0.1) is 34.7 Å². The monoisotopic (exact) mass is 262 g/mol.